The number of nitrogens with zero attached hydrogens (tertiary/aromatic N) is 1. The van der Waals surface area contributed by atoms with E-state index >= 15 is 0 Å². The molecule has 0 atom stereocenters. The van der Waals surface area contributed by atoms with Crippen molar-refractivity contribution in [3.05, 3.63) is 184 Å². The Labute approximate surface area is 311 Å². The van der Waals surface area contributed by atoms with Crippen molar-refractivity contribution in [3.63, 3.8) is 0 Å². The van der Waals surface area contributed by atoms with Crippen molar-refractivity contribution < 1.29 is 18.7 Å². The number of benzene rings is 6. The minimum atomic E-state index is -0.221. The van der Waals surface area contributed by atoms with Gasteiger partial charge in [0.1, 0.15) is 22.7 Å². The van der Waals surface area contributed by atoms with Crippen molar-refractivity contribution in [1.29, 1.82) is 0 Å². The summed E-state index contributed by atoms with van der Waals surface area (Å²) in [6.07, 6.45) is 1.23. The van der Waals surface area contributed by atoms with Gasteiger partial charge in [-0.05, 0) is 82.9 Å². The third-order valence-electron chi connectivity index (χ3n) is 9.18. The minimum absolute atomic E-state index is 0.127. The molecule has 8 rings (SSSR count). The summed E-state index contributed by atoms with van der Waals surface area (Å²) < 4.78 is 12.8. The van der Waals surface area contributed by atoms with Crippen LogP contribution in [0.5, 0.6) is 0 Å². The van der Waals surface area contributed by atoms with Crippen LogP contribution < -0.4 is 4.90 Å². The number of carbonyl (C=O) groups is 1. The van der Waals surface area contributed by atoms with Gasteiger partial charge in [0, 0.05) is 62.6 Å². The summed E-state index contributed by atoms with van der Waals surface area (Å²) in [5.74, 6) is 1.44. The van der Waals surface area contributed by atoms with Gasteiger partial charge in [-0.1, -0.05) is 108 Å². The molecule has 0 bridgehead atoms. The van der Waals surface area contributed by atoms with Crippen molar-refractivity contribution >= 4 is 56.7 Å². The summed E-state index contributed by atoms with van der Waals surface area (Å²) in [6.45, 7) is -0.0702. The first-order chi connectivity index (χ1) is 25.4. The predicted molar refractivity (Wildman–Crippen MR) is 211 cm³/mol. The fourth-order valence-electron chi connectivity index (χ4n) is 6.82. The van der Waals surface area contributed by atoms with Crippen LogP contribution in [0, 0.1) is 0 Å². The number of para-hydroxylation sites is 2. The lowest BCUT2D eigenvalue weighted by molar-refractivity contribution is 0.0981. The van der Waals surface area contributed by atoms with Gasteiger partial charge in [-0.2, -0.15) is 0 Å². The Balaban J connectivity index is 1.09. The second-order valence-electron chi connectivity index (χ2n) is 12.8. The lowest BCUT2D eigenvalue weighted by Gasteiger charge is -2.23. The Hall–Kier alpha value is -5.59. The Morgan fingerprint density at radius 3 is 1.65 bits per heavy atom. The average molecular weight is 723 g/mol. The van der Waals surface area contributed by atoms with Crippen molar-refractivity contribution in [2.45, 2.75) is 12.8 Å². The largest absolute Gasteiger partial charge is 0.460 e. The van der Waals surface area contributed by atoms with E-state index in [0.29, 0.717) is 34.1 Å². The highest BCUT2D eigenvalue weighted by Gasteiger charge is 2.20. The summed E-state index contributed by atoms with van der Waals surface area (Å²) in [5, 5.41) is 13.4. The van der Waals surface area contributed by atoms with Crippen molar-refractivity contribution in [1.82, 2.24) is 0 Å². The lowest BCUT2D eigenvalue weighted by atomic mass is 10.00. The molecule has 0 saturated carbocycles. The van der Waals surface area contributed by atoms with E-state index in [-0.39, 0.29) is 19.1 Å². The Kier molecular flexibility index (Phi) is 9.40. The fourth-order valence-corrected chi connectivity index (χ4v) is 7.25. The van der Waals surface area contributed by atoms with Gasteiger partial charge in [0.2, 0.25) is 0 Å². The third-order valence-corrected chi connectivity index (χ3v) is 9.65. The zero-order chi connectivity index (χ0) is 35.6. The van der Waals surface area contributed by atoms with E-state index in [9.17, 15) is 9.90 Å². The molecule has 0 unspecified atom stereocenters. The molecular weight excluding hydrogens is 689 g/mol. The maximum atomic E-state index is 14.2. The van der Waals surface area contributed by atoms with Crippen LogP contribution in [-0.4, -0.2) is 24.2 Å². The van der Waals surface area contributed by atoms with Crippen LogP contribution >= 0.6 is 23.2 Å². The third kappa shape index (κ3) is 6.99. The van der Waals surface area contributed by atoms with E-state index in [0.717, 1.165) is 66.8 Å². The van der Waals surface area contributed by atoms with Crippen LogP contribution in [0.25, 0.3) is 44.2 Å². The molecule has 6 aromatic carbocycles. The number of fused-ring (bicyclic) bond motifs is 2. The van der Waals surface area contributed by atoms with Crippen molar-refractivity contribution in [2.75, 3.05) is 18.1 Å². The number of aliphatic hydroxyl groups is 1. The molecule has 256 valence electrons. The van der Waals surface area contributed by atoms with E-state index in [2.05, 4.69) is 6.07 Å². The standard InChI is InChI=1S/C45H33Cl2NO4/c46-36-14-1-7-29(21-36)23-39-27-33-11-5-17-41(43(33)51-39)31-9-3-13-35(25-31)45(50)48(19-20-49)38-16-4-10-32(26-38)42-18-6-12-34-28-40(52-44(34)42)24-30-8-2-15-37(47)22-30/h1-18,21-22,25-28,49H,19-20,23-24H2. The molecule has 0 aliphatic carbocycles. The molecule has 5 nitrogen and oxygen atoms in total. The first-order valence-corrected chi connectivity index (χ1v) is 17.8. The van der Waals surface area contributed by atoms with Crippen molar-refractivity contribution in [2.24, 2.45) is 0 Å². The molecule has 0 aliphatic rings. The van der Waals surface area contributed by atoms with Crippen LogP contribution in [0.1, 0.15) is 33.0 Å². The van der Waals surface area contributed by atoms with Gasteiger partial charge in [0.25, 0.3) is 5.91 Å². The quantitative estimate of drug-likeness (QED) is 0.153. The van der Waals surface area contributed by atoms with Gasteiger partial charge in [0.05, 0.1) is 6.61 Å². The predicted octanol–water partition coefficient (Wildman–Crippen LogP) is 11.6. The van der Waals surface area contributed by atoms with E-state index in [1.54, 1.807) is 11.0 Å². The number of amides is 1. The van der Waals surface area contributed by atoms with Crippen molar-refractivity contribution in [3.8, 4) is 22.3 Å². The zero-order valence-corrected chi connectivity index (χ0v) is 29.6. The molecular formula is C45H33Cl2NO4. The van der Waals surface area contributed by atoms with Gasteiger partial charge < -0.3 is 18.8 Å². The molecule has 0 radical (unpaired) electrons. The Morgan fingerprint density at radius 2 is 1.10 bits per heavy atom. The van der Waals surface area contributed by atoms with Crippen LogP contribution in [-0.2, 0) is 12.8 Å². The number of anilines is 1. The molecule has 7 heteroatoms. The molecule has 1 N–H and O–H groups in total. The Bertz CT molecular complexity index is 2570. The van der Waals surface area contributed by atoms with Crippen LogP contribution in [0.15, 0.2) is 154 Å². The van der Waals surface area contributed by atoms with Gasteiger partial charge in [0.15, 0.2) is 0 Å². The smallest absolute Gasteiger partial charge is 0.258 e. The number of furan rings is 2. The number of rotatable bonds is 10. The summed E-state index contributed by atoms with van der Waals surface area (Å²) in [5.41, 5.74) is 8.38. The molecule has 2 heterocycles. The Morgan fingerprint density at radius 1 is 0.577 bits per heavy atom. The van der Waals surface area contributed by atoms with E-state index in [4.69, 9.17) is 32.0 Å². The lowest BCUT2D eigenvalue weighted by Crippen LogP contribution is -2.33. The maximum absolute atomic E-state index is 14.2. The number of carbonyl (C=O) groups excluding carboxylic acids is 1. The molecule has 0 spiro atoms. The van der Waals surface area contributed by atoms with E-state index in [1.165, 1.54) is 0 Å². The van der Waals surface area contributed by atoms with Crippen LogP contribution in [0.2, 0.25) is 10.0 Å². The second-order valence-corrected chi connectivity index (χ2v) is 13.7. The molecule has 0 aliphatic heterocycles. The molecule has 8 aromatic rings. The molecule has 2 aromatic heterocycles. The van der Waals surface area contributed by atoms with Gasteiger partial charge >= 0.3 is 0 Å². The van der Waals surface area contributed by atoms with E-state index in [1.807, 2.05) is 133 Å². The molecule has 52 heavy (non-hydrogen) atoms. The highest BCUT2D eigenvalue weighted by molar-refractivity contribution is 6.30. The number of hydrogen-bond acceptors (Lipinski definition) is 4. The van der Waals surface area contributed by atoms with Gasteiger partial charge in [-0.15, -0.1) is 0 Å². The summed E-state index contributed by atoms with van der Waals surface area (Å²) in [7, 11) is 0. The summed E-state index contributed by atoms with van der Waals surface area (Å²) in [4.78, 5) is 15.8. The number of aliphatic hydroxyl groups excluding tert-OH is 1. The monoisotopic (exact) mass is 721 g/mol. The topological polar surface area (TPSA) is 66.8 Å². The second kappa shape index (κ2) is 14.6. The molecule has 0 saturated heterocycles. The zero-order valence-electron chi connectivity index (χ0n) is 28.1. The minimum Gasteiger partial charge on any atom is -0.460 e. The fraction of sp³-hybridized carbons (Fsp3) is 0.0889. The van der Waals surface area contributed by atoms with E-state index < -0.39 is 0 Å². The van der Waals surface area contributed by atoms with Crippen LogP contribution in [0.3, 0.4) is 0 Å². The highest BCUT2D eigenvalue weighted by atomic mass is 35.5. The first kappa shape index (κ1) is 33.5. The number of hydrogen-bond donors (Lipinski definition) is 1. The maximum Gasteiger partial charge on any atom is 0.258 e. The number of halogens is 2. The normalized spacial score (nSPS) is 11.4. The first-order valence-electron chi connectivity index (χ1n) is 17.1. The van der Waals surface area contributed by atoms with Gasteiger partial charge in [-0.25, -0.2) is 0 Å². The highest BCUT2D eigenvalue weighted by Crippen LogP contribution is 2.35. The SMILES string of the molecule is O=C(c1cccc(-c2cccc3cc(Cc4cccc(Cl)c4)oc23)c1)N(CCO)c1cccc(-c2cccc3cc(Cc4cccc(Cl)c4)oc23)c1. The molecule has 0 fully saturated rings. The summed E-state index contributed by atoms with van der Waals surface area (Å²) in [6, 6.07) is 47.0. The molecule has 1 amide bonds. The average Bonchev–Trinajstić information content (AvgIpc) is 3.77. The van der Waals surface area contributed by atoms with Gasteiger partial charge in [-0.3, -0.25) is 4.79 Å². The summed E-state index contributed by atoms with van der Waals surface area (Å²) >= 11 is 12.4. The van der Waals surface area contributed by atoms with Crippen LogP contribution in [0.4, 0.5) is 5.69 Å².